The molecule has 4 aromatic rings. The molecule has 0 radical (unpaired) electrons. The standard InChI is InChI=1S/C27H26ClN3O2/c1-18-15-16-31-24(17-18)30-25(26(31)29-21-7-3-2-4-8-21)22-9-5-6-10-23(22)33-27(32)19-11-13-20(28)14-12-19/h5-6,9-17,21,29H,2-4,7-8H2,1H3. The number of nitrogens with zero attached hydrogens (tertiary/aromatic N) is 2. The maximum atomic E-state index is 12.8. The van der Waals surface area contributed by atoms with Crippen LogP contribution in [0.1, 0.15) is 48.0 Å². The summed E-state index contributed by atoms with van der Waals surface area (Å²) in [5.74, 6) is 0.983. The van der Waals surface area contributed by atoms with Crippen molar-refractivity contribution in [1.82, 2.24) is 9.38 Å². The van der Waals surface area contributed by atoms with Crippen LogP contribution in [0.2, 0.25) is 5.02 Å². The Hall–Kier alpha value is -3.31. The van der Waals surface area contributed by atoms with E-state index >= 15 is 0 Å². The quantitative estimate of drug-likeness (QED) is 0.260. The van der Waals surface area contributed by atoms with Crippen molar-refractivity contribution in [2.45, 2.75) is 45.1 Å². The third kappa shape index (κ3) is 4.60. The van der Waals surface area contributed by atoms with E-state index in [1.165, 1.54) is 19.3 Å². The number of carbonyl (C=O) groups excluding carboxylic acids is 1. The smallest absolute Gasteiger partial charge is 0.343 e. The van der Waals surface area contributed by atoms with Gasteiger partial charge in [-0.3, -0.25) is 4.40 Å². The third-order valence-corrected chi connectivity index (χ3v) is 6.40. The lowest BCUT2D eigenvalue weighted by Gasteiger charge is -2.24. The van der Waals surface area contributed by atoms with Crippen LogP contribution in [0.3, 0.4) is 0 Å². The van der Waals surface area contributed by atoms with Crippen molar-refractivity contribution in [3.05, 3.63) is 83.0 Å². The minimum absolute atomic E-state index is 0.405. The van der Waals surface area contributed by atoms with Gasteiger partial charge in [0.1, 0.15) is 22.9 Å². The van der Waals surface area contributed by atoms with E-state index in [1.807, 2.05) is 24.3 Å². The predicted octanol–water partition coefficient (Wildman–Crippen LogP) is 6.93. The molecule has 5 nitrogen and oxygen atoms in total. The second-order valence-electron chi connectivity index (χ2n) is 8.61. The van der Waals surface area contributed by atoms with Gasteiger partial charge in [-0.1, -0.05) is 43.0 Å². The average molecular weight is 460 g/mol. The van der Waals surface area contributed by atoms with Gasteiger partial charge in [-0.15, -0.1) is 0 Å². The fourth-order valence-electron chi connectivity index (χ4n) is 4.41. The Morgan fingerprint density at radius 1 is 1.06 bits per heavy atom. The molecule has 5 rings (SSSR count). The van der Waals surface area contributed by atoms with E-state index in [0.29, 0.717) is 22.4 Å². The van der Waals surface area contributed by atoms with E-state index in [2.05, 4.69) is 35.0 Å². The highest BCUT2D eigenvalue weighted by molar-refractivity contribution is 6.30. The molecule has 2 aromatic heterocycles. The van der Waals surface area contributed by atoms with E-state index in [1.54, 1.807) is 24.3 Å². The van der Waals surface area contributed by atoms with Gasteiger partial charge in [0.15, 0.2) is 0 Å². The van der Waals surface area contributed by atoms with Crippen molar-refractivity contribution in [3.8, 4) is 17.0 Å². The number of hydrogen-bond acceptors (Lipinski definition) is 4. The molecule has 33 heavy (non-hydrogen) atoms. The van der Waals surface area contributed by atoms with Crippen LogP contribution < -0.4 is 10.1 Å². The van der Waals surface area contributed by atoms with Gasteiger partial charge in [-0.2, -0.15) is 0 Å². The number of halogens is 1. The number of ether oxygens (including phenoxy) is 1. The first-order valence-corrected chi connectivity index (χ1v) is 11.8. The summed E-state index contributed by atoms with van der Waals surface area (Å²) in [7, 11) is 0. The third-order valence-electron chi connectivity index (χ3n) is 6.15. The zero-order chi connectivity index (χ0) is 22.8. The van der Waals surface area contributed by atoms with Gasteiger partial charge >= 0.3 is 5.97 Å². The summed E-state index contributed by atoms with van der Waals surface area (Å²) in [5, 5.41) is 4.33. The molecular weight excluding hydrogens is 434 g/mol. The SMILES string of the molecule is Cc1ccn2c(NC3CCCCC3)c(-c3ccccc3OC(=O)c3ccc(Cl)cc3)nc2c1. The number of hydrogen-bond donors (Lipinski definition) is 1. The van der Waals surface area contributed by atoms with Crippen LogP contribution in [0.15, 0.2) is 66.9 Å². The van der Waals surface area contributed by atoms with E-state index in [9.17, 15) is 4.79 Å². The largest absolute Gasteiger partial charge is 0.422 e. The molecule has 6 heteroatoms. The molecule has 0 atom stereocenters. The van der Waals surface area contributed by atoms with Crippen molar-refractivity contribution in [2.24, 2.45) is 0 Å². The van der Waals surface area contributed by atoms with Gasteiger partial charge in [0, 0.05) is 22.8 Å². The summed E-state index contributed by atoms with van der Waals surface area (Å²) in [6.07, 6.45) is 8.10. The van der Waals surface area contributed by atoms with Crippen LogP contribution in [-0.4, -0.2) is 21.4 Å². The highest BCUT2D eigenvalue weighted by Crippen LogP contribution is 2.37. The number of imidazole rings is 1. The molecule has 0 bridgehead atoms. The molecule has 2 aromatic carbocycles. The van der Waals surface area contributed by atoms with Gasteiger partial charge < -0.3 is 10.1 Å². The van der Waals surface area contributed by atoms with Crippen molar-refractivity contribution in [1.29, 1.82) is 0 Å². The van der Waals surface area contributed by atoms with E-state index < -0.39 is 5.97 Å². The maximum absolute atomic E-state index is 12.8. The lowest BCUT2D eigenvalue weighted by atomic mass is 9.95. The van der Waals surface area contributed by atoms with Crippen LogP contribution in [0.25, 0.3) is 16.9 Å². The molecule has 1 aliphatic rings. The summed E-state index contributed by atoms with van der Waals surface area (Å²) in [6.45, 7) is 2.06. The van der Waals surface area contributed by atoms with E-state index in [-0.39, 0.29) is 0 Å². The fraction of sp³-hybridized carbons (Fsp3) is 0.259. The normalized spacial score (nSPS) is 14.4. The minimum atomic E-state index is -0.430. The molecule has 1 fully saturated rings. The number of esters is 1. The molecule has 0 saturated heterocycles. The van der Waals surface area contributed by atoms with Gasteiger partial charge in [0.25, 0.3) is 0 Å². The number of carbonyl (C=O) groups is 1. The Bertz CT molecular complexity index is 1290. The lowest BCUT2D eigenvalue weighted by molar-refractivity contribution is 0.0735. The van der Waals surface area contributed by atoms with E-state index in [4.69, 9.17) is 21.3 Å². The number of benzene rings is 2. The zero-order valence-corrected chi connectivity index (χ0v) is 19.3. The lowest BCUT2D eigenvalue weighted by Crippen LogP contribution is -2.23. The number of aromatic nitrogens is 2. The Kier molecular flexibility index (Phi) is 6.05. The summed E-state index contributed by atoms with van der Waals surface area (Å²) in [4.78, 5) is 17.8. The van der Waals surface area contributed by atoms with E-state index in [0.717, 1.165) is 41.1 Å². The molecule has 1 aliphatic carbocycles. The van der Waals surface area contributed by atoms with Crippen molar-refractivity contribution in [2.75, 3.05) is 5.32 Å². The van der Waals surface area contributed by atoms with Crippen LogP contribution in [0, 0.1) is 6.92 Å². The Morgan fingerprint density at radius 3 is 2.61 bits per heavy atom. The van der Waals surface area contributed by atoms with Crippen molar-refractivity contribution in [3.63, 3.8) is 0 Å². The van der Waals surface area contributed by atoms with Gasteiger partial charge in [-0.05, 0) is 73.9 Å². The zero-order valence-electron chi connectivity index (χ0n) is 18.6. The number of para-hydroxylation sites is 1. The second kappa shape index (κ2) is 9.28. The van der Waals surface area contributed by atoms with Crippen LogP contribution in [0.4, 0.5) is 5.82 Å². The van der Waals surface area contributed by atoms with Crippen molar-refractivity contribution < 1.29 is 9.53 Å². The molecule has 1 saturated carbocycles. The molecule has 1 N–H and O–H groups in total. The molecule has 0 spiro atoms. The highest BCUT2D eigenvalue weighted by Gasteiger charge is 2.22. The second-order valence-corrected chi connectivity index (χ2v) is 9.05. The number of anilines is 1. The molecule has 0 unspecified atom stereocenters. The summed E-state index contributed by atoms with van der Waals surface area (Å²) < 4.78 is 7.92. The molecule has 0 amide bonds. The van der Waals surface area contributed by atoms with Gasteiger partial charge in [0.2, 0.25) is 0 Å². The Balaban J connectivity index is 1.55. The molecular formula is C27H26ClN3O2. The molecule has 0 aliphatic heterocycles. The monoisotopic (exact) mass is 459 g/mol. The number of rotatable bonds is 5. The minimum Gasteiger partial charge on any atom is -0.422 e. The van der Waals surface area contributed by atoms with Crippen LogP contribution in [-0.2, 0) is 0 Å². The van der Waals surface area contributed by atoms with Gasteiger partial charge in [-0.25, -0.2) is 9.78 Å². The average Bonchev–Trinajstić information content (AvgIpc) is 3.17. The van der Waals surface area contributed by atoms with Crippen LogP contribution >= 0.6 is 11.6 Å². The topological polar surface area (TPSA) is 55.6 Å². The Labute approximate surface area is 198 Å². The first kappa shape index (κ1) is 21.5. The predicted molar refractivity (Wildman–Crippen MR) is 132 cm³/mol. The maximum Gasteiger partial charge on any atom is 0.343 e. The first-order chi connectivity index (χ1) is 16.1. The van der Waals surface area contributed by atoms with Gasteiger partial charge in [0.05, 0.1) is 5.56 Å². The number of aryl methyl sites for hydroxylation is 1. The van der Waals surface area contributed by atoms with Crippen molar-refractivity contribution >= 4 is 29.0 Å². The summed E-state index contributed by atoms with van der Waals surface area (Å²) in [5.41, 5.74) is 4.01. The number of nitrogens with one attached hydrogen (secondary N) is 1. The number of fused-ring (bicyclic) bond motifs is 1. The highest BCUT2D eigenvalue weighted by atomic mass is 35.5. The fourth-order valence-corrected chi connectivity index (χ4v) is 4.53. The first-order valence-electron chi connectivity index (χ1n) is 11.4. The van der Waals surface area contributed by atoms with Crippen LogP contribution in [0.5, 0.6) is 5.75 Å². The summed E-state index contributed by atoms with van der Waals surface area (Å²) in [6, 6.07) is 18.8. The molecule has 168 valence electrons. The number of pyridine rings is 1. The molecule has 2 heterocycles. The summed E-state index contributed by atoms with van der Waals surface area (Å²) >= 11 is 5.96. The Morgan fingerprint density at radius 2 is 1.82 bits per heavy atom.